The Hall–Kier alpha value is -2.78. The highest BCUT2D eigenvalue weighted by Gasteiger charge is 2.31. The maximum atomic E-state index is 12.7. The molecule has 29 heavy (non-hydrogen) atoms. The van der Waals surface area contributed by atoms with Crippen molar-refractivity contribution in [2.24, 2.45) is 0 Å². The SMILES string of the molecule is Cc1ccc(OCc2nc(C3CCN(S(=O)(=O)c4cccnc4)CC3)no2)cc1. The largest absolute Gasteiger partial charge is 0.484 e. The van der Waals surface area contributed by atoms with Crippen LogP contribution in [0.1, 0.15) is 36.0 Å². The molecule has 152 valence electrons. The Labute approximate surface area is 169 Å². The molecule has 0 unspecified atom stereocenters. The van der Waals surface area contributed by atoms with Crippen molar-refractivity contribution in [2.45, 2.75) is 37.2 Å². The molecule has 2 aromatic heterocycles. The van der Waals surface area contributed by atoms with E-state index in [0.717, 1.165) is 11.3 Å². The van der Waals surface area contributed by atoms with Crippen LogP contribution in [-0.4, -0.2) is 40.9 Å². The predicted molar refractivity (Wildman–Crippen MR) is 105 cm³/mol. The van der Waals surface area contributed by atoms with Gasteiger partial charge in [0, 0.05) is 31.4 Å². The Morgan fingerprint density at radius 1 is 1.17 bits per heavy atom. The molecule has 3 aromatic rings. The number of hydrogen-bond acceptors (Lipinski definition) is 7. The van der Waals surface area contributed by atoms with Gasteiger partial charge in [-0.25, -0.2) is 8.42 Å². The maximum absolute atomic E-state index is 12.7. The molecule has 3 heterocycles. The van der Waals surface area contributed by atoms with Gasteiger partial charge in [-0.05, 0) is 44.0 Å². The van der Waals surface area contributed by atoms with Gasteiger partial charge in [0.05, 0.1) is 0 Å². The van der Waals surface area contributed by atoms with Gasteiger partial charge >= 0.3 is 0 Å². The minimum Gasteiger partial charge on any atom is -0.484 e. The second kappa shape index (κ2) is 8.30. The smallest absolute Gasteiger partial charge is 0.264 e. The zero-order valence-corrected chi connectivity index (χ0v) is 16.9. The van der Waals surface area contributed by atoms with Crippen molar-refractivity contribution in [3.05, 3.63) is 66.1 Å². The van der Waals surface area contributed by atoms with E-state index in [1.807, 2.05) is 31.2 Å². The first-order chi connectivity index (χ1) is 14.0. The first-order valence-electron chi connectivity index (χ1n) is 9.44. The molecule has 0 bridgehead atoms. The number of benzene rings is 1. The topological polar surface area (TPSA) is 98.4 Å². The number of aryl methyl sites for hydroxylation is 1. The standard InChI is InChI=1S/C20H22N4O4S/c1-15-4-6-17(7-5-15)27-14-19-22-20(23-28-19)16-8-11-24(12-9-16)29(25,26)18-3-2-10-21-13-18/h2-7,10,13,16H,8-9,11-12,14H2,1H3. The average Bonchev–Trinajstić information content (AvgIpc) is 3.23. The van der Waals surface area contributed by atoms with E-state index in [9.17, 15) is 8.42 Å². The van der Waals surface area contributed by atoms with Crippen LogP contribution in [-0.2, 0) is 16.6 Å². The molecule has 0 saturated carbocycles. The number of sulfonamides is 1. The summed E-state index contributed by atoms with van der Waals surface area (Å²) >= 11 is 0. The number of pyridine rings is 1. The van der Waals surface area contributed by atoms with Gasteiger partial charge in [-0.3, -0.25) is 4.98 Å². The molecule has 0 aliphatic carbocycles. The van der Waals surface area contributed by atoms with Crippen molar-refractivity contribution in [1.29, 1.82) is 0 Å². The van der Waals surface area contributed by atoms with Crippen molar-refractivity contribution in [3.8, 4) is 5.75 Å². The van der Waals surface area contributed by atoms with Crippen molar-refractivity contribution < 1.29 is 17.7 Å². The summed E-state index contributed by atoms with van der Waals surface area (Å²) in [6.45, 7) is 3.03. The number of aromatic nitrogens is 3. The van der Waals surface area contributed by atoms with Gasteiger partial charge in [0.25, 0.3) is 5.89 Å². The van der Waals surface area contributed by atoms with Crippen LogP contribution in [0.15, 0.2) is 58.2 Å². The van der Waals surface area contributed by atoms with E-state index >= 15 is 0 Å². The number of nitrogens with zero attached hydrogens (tertiary/aromatic N) is 4. The molecule has 9 heteroatoms. The van der Waals surface area contributed by atoms with Gasteiger partial charge in [-0.15, -0.1) is 0 Å². The summed E-state index contributed by atoms with van der Waals surface area (Å²) < 4.78 is 37.8. The highest BCUT2D eigenvalue weighted by atomic mass is 32.2. The third-order valence-electron chi connectivity index (χ3n) is 4.96. The quantitative estimate of drug-likeness (QED) is 0.611. The Morgan fingerprint density at radius 2 is 1.93 bits per heavy atom. The molecule has 8 nitrogen and oxygen atoms in total. The monoisotopic (exact) mass is 414 g/mol. The third kappa shape index (κ3) is 4.46. The van der Waals surface area contributed by atoms with E-state index in [4.69, 9.17) is 9.26 Å². The van der Waals surface area contributed by atoms with Crippen LogP contribution in [0.5, 0.6) is 5.75 Å². The van der Waals surface area contributed by atoms with E-state index in [1.165, 1.54) is 10.5 Å². The summed E-state index contributed by atoms with van der Waals surface area (Å²) in [7, 11) is -3.52. The van der Waals surface area contributed by atoms with Gasteiger partial charge in [0.15, 0.2) is 12.4 Å². The Balaban J connectivity index is 1.34. The number of ether oxygens (including phenoxy) is 1. The van der Waals surface area contributed by atoms with Crippen LogP contribution in [0.4, 0.5) is 0 Å². The molecule has 1 saturated heterocycles. The summed E-state index contributed by atoms with van der Waals surface area (Å²) in [6.07, 6.45) is 4.21. The Bertz CT molecular complexity index is 1040. The minimum atomic E-state index is -3.52. The predicted octanol–water partition coefficient (Wildman–Crippen LogP) is 2.92. The first kappa shape index (κ1) is 19.5. The average molecular weight is 414 g/mol. The molecule has 1 fully saturated rings. The second-order valence-corrected chi connectivity index (χ2v) is 8.95. The molecule has 0 radical (unpaired) electrons. The van der Waals surface area contributed by atoms with E-state index in [0.29, 0.717) is 37.6 Å². The van der Waals surface area contributed by atoms with Crippen LogP contribution in [0.2, 0.25) is 0 Å². The molecule has 1 aromatic carbocycles. The van der Waals surface area contributed by atoms with Crippen molar-refractivity contribution in [1.82, 2.24) is 19.4 Å². The molecule has 0 N–H and O–H groups in total. The van der Waals surface area contributed by atoms with Crippen LogP contribution in [0, 0.1) is 6.92 Å². The fraction of sp³-hybridized carbons (Fsp3) is 0.350. The molecule has 1 aliphatic heterocycles. The molecule has 1 aliphatic rings. The highest BCUT2D eigenvalue weighted by molar-refractivity contribution is 7.89. The van der Waals surface area contributed by atoms with Crippen molar-refractivity contribution >= 4 is 10.0 Å². The summed E-state index contributed by atoms with van der Waals surface area (Å²) in [5.74, 6) is 1.81. The highest BCUT2D eigenvalue weighted by Crippen LogP contribution is 2.29. The fourth-order valence-corrected chi connectivity index (χ4v) is 4.71. The van der Waals surface area contributed by atoms with Crippen molar-refractivity contribution in [2.75, 3.05) is 13.1 Å². The summed E-state index contributed by atoms with van der Waals surface area (Å²) in [5.41, 5.74) is 1.16. The maximum Gasteiger partial charge on any atom is 0.264 e. The third-order valence-corrected chi connectivity index (χ3v) is 6.84. The van der Waals surface area contributed by atoms with Gasteiger partial charge in [-0.2, -0.15) is 9.29 Å². The van der Waals surface area contributed by atoms with E-state index in [1.54, 1.807) is 18.3 Å². The summed E-state index contributed by atoms with van der Waals surface area (Å²) in [6, 6.07) is 10.9. The summed E-state index contributed by atoms with van der Waals surface area (Å²) in [4.78, 5) is 8.55. The second-order valence-electron chi connectivity index (χ2n) is 7.02. The lowest BCUT2D eigenvalue weighted by atomic mass is 9.98. The van der Waals surface area contributed by atoms with Gasteiger partial charge in [-0.1, -0.05) is 22.9 Å². The van der Waals surface area contributed by atoms with Gasteiger partial charge in [0.1, 0.15) is 10.6 Å². The fourth-order valence-electron chi connectivity index (χ4n) is 3.28. The number of piperidine rings is 1. The Morgan fingerprint density at radius 3 is 2.62 bits per heavy atom. The van der Waals surface area contributed by atoms with Crippen LogP contribution >= 0.6 is 0 Å². The van der Waals surface area contributed by atoms with Crippen molar-refractivity contribution in [3.63, 3.8) is 0 Å². The van der Waals surface area contributed by atoms with Crippen LogP contribution in [0.3, 0.4) is 0 Å². The molecule has 0 amide bonds. The summed E-state index contributed by atoms with van der Waals surface area (Å²) in [5, 5.41) is 4.07. The zero-order chi connectivity index (χ0) is 20.3. The Kier molecular flexibility index (Phi) is 5.59. The lowest BCUT2D eigenvalue weighted by Crippen LogP contribution is -2.38. The van der Waals surface area contributed by atoms with E-state index in [-0.39, 0.29) is 17.4 Å². The molecular weight excluding hydrogens is 392 g/mol. The van der Waals surface area contributed by atoms with E-state index < -0.39 is 10.0 Å². The van der Waals surface area contributed by atoms with Gasteiger partial charge in [0.2, 0.25) is 10.0 Å². The lowest BCUT2D eigenvalue weighted by molar-refractivity contribution is 0.241. The lowest BCUT2D eigenvalue weighted by Gasteiger charge is -2.29. The first-order valence-corrected chi connectivity index (χ1v) is 10.9. The number of hydrogen-bond donors (Lipinski definition) is 0. The van der Waals surface area contributed by atoms with E-state index in [2.05, 4.69) is 15.1 Å². The number of rotatable bonds is 6. The van der Waals surface area contributed by atoms with Crippen LogP contribution in [0.25, 0.3) is 0 Å². The van der Waals surface area contributed by atoms with Crippen LogP contribution < -0.4 is 4.74 Å². The molecule has 0 atom stereocenters. The minimum absolute atomic E-state index is 0.0622. The zero-order valence-electron chi connectivity index (χ0n) is 16.1. The molecule has 4 rings (SSSR count). The molecule has 0 spiro atoms. The van der Waals surface area contributed by atoms with Gasteiger partial charge < -0.3 is 9.26 Å². The molecular formula is C20H22N4O4S. The normalized spacial score (nSPS) is 16.0.